The van der Waals surface area contributed by atoms with Gasteiger partial charge in [-0.25, -0.2) is 0 Å². The molecule has 0 bridgehead atoms. The largest absolute Gasteiger partial charge is 0.345 e. The number of carbonyl (C=O) groups is 1. The Kier molecular flexibility index (Phi) is 2.49. The molecule has 1 amide bonds. The number of hydrogen-bond acceptors (Lipinski definition) is 2. The van der Waals surface area contributed by atoms with Crippen LogP contribution in [0.3, 0.4) is 0 Å². The average molecular weight is 156 g/mol. The molecular weight excluding hydrogens is 140 g/mol. The number of nitrogens with two attached hydrogens (primary N) is 1. The minimum absolute atomic E-state index is 0.149. The van der Waals surface area contributed by atoms with Crippen molar-refractivity contribution in [1.82, 2.24) is 4.90 Å². The first kappa shape index (κ1) is 8.53. The van der Waals surface area contributed by atoms with Crippen LogP contribution in [0.1, 0.15) is 19.8 Å². The van der Waals surface area contributed by atoms with Crippen LogP contribution in [0, 0.1) is 5.92 Å². The van der Waals surface area contributed by atoms with Gasteiger partial charge in [-0.05, 0) is 19.8 Å². The maximum atomic E-state index is 11.3. The summed E-state index contributed by atoms with van der Waals surface area (Å²) >= 11 is 0. The minimum Gasteiger partial charge on any atom is -0.345 e. The average Bonchev–Trinajstić information content (AvgIpc) is 2.18. The summed E-state index contributed by atoms with van der Waals surface area (Å²) in [6, 6.07) is 0.149. The molecule has 11 heavy (non-hydrogen) atoms. The van der Waals surface area contributed by atoms with E-state index < -0.39 is 0 Å². The summed E-state index contributed by atoms with van der Waals surface area (Å²) in [5.74, 6) is 0.460. The topological polar surface area (TPSA) is 46.3 Å². The van der Waals surface area contributed by atoms with E-state index in [-0.39, 0.29) is 17.9 Å². The van der Waals surface area contributed by atoms with Crippen LogP contribution in [0.5, 0.6) is 0 Å². The zero-order valence-corrected chi connectivity index (χ0v) is 7.21. The first-order chi connectivity index (χ1) is 5.11. The highest BCUT2D eigenvalue weighted by molar-refractivity contribution is 5.80. The molecule has 1 saturated heterocycles. The van der Waals surface area contributed by atoms with E-state index in [2.05, 4.69) is 0 Å². The van der Waals surface area contributed by atoms with Crippen LogP contribution in [0.4, 0.5) is 0 Å². The molecular formula is C8H16N2O. The van der Waals surface area contributed by atoms with Crippen molar-refractivity contribution in [1.29, 1.82) is 0 Å². The molecule has 3 nitrogen and oxygen atoms in total. The molecule has 1 fully saturated rings. The lowest BCUT2D eigenvalue weighted by molar-refractivity contribution is -0.130. The molecule has 0 saturated carbocycles. The van der Waals surface area contributed by atoms with Gasteiger partial charge in [-0.15, -0.1) is 0 Å². The minimum atomic E-state index is 0.149. The summed E-state index contributed by atoms with van der Waals surface area (Å²) in [6.07, 6.45) is 1.82. The van der Waals surface area contributed by atoms with Crippen LogP contribution < -0.4 is 5.73 Å². The van der Waals surface area contributed by atoms with Gasteiger partial charge in [-0.2, -0.15) is 0 Å². The van der Waals surface area contributed by atoms with Crippen LogP contribution in [0.25, 0.3) is 0 Å². The molecule has 2 atom stereocenters. The fourth-order valence-corrected chi connectivity index (χ4v) is 1.56. The Morgan fingerprint density at radius 3 is 2.82 bits per heavy atom. The van der Waals surface area contributed by atoms with Crippen LogP contribution in [-0.4, -0.2) is 30.4 Å². The van der Waals surface area contributed by atoms with Crippen LogP contribution >= 0.6 is 0 Å². The van der Waals surface area contributed by atoms with Crippen molar-refractivity contribution in [2.24, 2.45) is 11.7 Å². The first-order valence-corrected chi connectivity index (χ1v) is 4.12. The third-order valence-corrected chi connectivity index (χ3v) is 2.19. The number of carbonyl (C=O) groups excluding carboxylic acids is 1. The van der Waals surface area contributed by atoms with E-state index in [1.807, 2.05) is 14.0 Å². The lowest BCUT2D eigenvalue weighted by Gasteiger charge is -2.11. The van der Waals surface area contributed by atoms with E-state index in [0.717, 1.165) is 19.4 Å². The SMILES string of the molecule is CC(N)CC1CCN(C)C1=O. The van der Waals surface area contributed by atoms with Gasteiger partial charge in [-0.3, -0.25) is 4.79 Å². The Morgan fingerprint density at radius 2 is 2.45 bits per heavy atom. The summed E-state index contributed by atoms with van der Waals surface area (Å²) < 4.78 is 0. The van der Waals surface area contributed by atoms with Gasteiger partial charge >= 0.3 is 0 Å². The fourth-order valence-electron chi connectivity index (χ4n) is 1.56. The molecule has 0 aromatic rings. The van der Waals surface area contributed by atoms with E-state index in [0.29, 0.717) is 0 Å². The summed E-state index contributed by atoms with van der Waals surface area (Å²) in [5, 5.41) is 0. The molecule has 2 N–H and O–H groups in total. The summed E-state index contributed by atoms with van der Waals surface area (Å²) in [6.45, 7) is 2.85. The van der Waals surface area contributed by atoms with Crippen molar-refractivity contribution in [3.05, 3.63) is 0 Å². The molecule has 1 rings (SSSR count). The van der Waals surface area contributed by atoms with Gasteiger partial charge in [0.05, 0.1) is 0 Å². The van der Waals surface area contributed by atoms with Crippen LogP contribution in [-0.2, 0) is 4.79 Å². The molecule has 1 heterocycles. The van der Waals surface area contributed by atoms with E-state index in [1.54, 1.807) is 4.90 Å². The number of hydrogen-bond donors (Lipinski definition) is 1. The van der Waals surface area contributed by atoms with Crippen molar-refractivity contribution in [3.8, 4) is 0 Å². The van der Waals surface area contributed by atoms with E-state index in [9.17, 15) is 4.79 Å². The fraction of sp³-hybridized carbons (Fsp3) is 0.875. The van der Waals surface area contributed by atoms with Gasteiger partial charge < -0.3 is 10.6 Å². The Hall–Kier alpha value is -0.570. The van der Waals surface area contributed by atoms with Crippen LogP contribution in [0.2, 0.25) is 0 Å². The molecule has 1 aliphatic rings. The van der Waals surface area contributed by atoms with E-state index >= 15 is 0 Å². The summed E-state index contributed by atoms with van der Waals surface area (Å²) in [7, 11) is 1.85. The normalized spacial score (nSPS) is 27.7. The van der Waals surface area contributed by atoms with Gasteiger partial charge in [0.15, 0.2) is 0 Å². The smallest absolute Gasteiger partial charge is 0.225 e. The highest BCUT2D eigenvalue weighted by atomic mass is 16.2. The number of likely N-dealkylation sites (tertiary alicyclic amines) is 1. The summed E-state index contributed by atoms with van der Waals surface area (Å²) in [5.41, 5.74) is 5.61. The van der Waals surface area contributed by atoms with Gasteiger partial charge in [0.1, 0.15) is 0 Å². The molecule has 1 aliphatic heterocycles. The van der Waals surface area contributed by atoms with Gasteiger partial charge in [0.25, 0.3) is 0 Å². The van der Waals surface area contributed by atoms with Crippen molar-refractivity contribution in [2.45, 2.75) is 25.8 Å². The molecule has 64 valence electrons. The zero-order valence-electron chi connectivity index (χ0n) is 7.21. The molecule has 0 aromatic carbocycles. The highest BCUT2D eigenvalue weighted by Crippen LogP contribution is 2.20. The molecule has 0 radical (unpaired) electrons. The first-order valence-electron chi connectivity index (χ1n) is 4.12. The molecule has 0 aromatic heterocycles. The second-order valence-corrected chi connectivity index (χ2v) is 3.46. The van der Waals surface area contributed by atoms with E-state index in [4.69, 9.17) is 5.73 Å². The molecule has 0 aliphatic carbocycles. The van der Waals surface area contributed by atoms with Crippen molar-refractivity contribution < 1.29 is 4.79 Å². The third kappa shape index (κ3) is 1.93. The predicted octanol–water partition coefficient (Wildman–Crippen LogP) is 0.202. The Bertz CT molecular complexity index is 156. The van der Waals surface area contributed by atoms with Gasteiger partial charge in [0, 0.05) is 25.6 Å². The zero-order chi connectivity index (χ0) is 8.43. The van der Waals surface area contributed by atoms with Gasteiger partial charge in [-0.1, -0.05) is 0 Å². The summed E-state index contributed by atoms with van der Waals surface area (Å²) in [4.78, 5) is 13.1. The quantitative estimate of drug-likeness (QED) is 0.621. The second-order valence-electron chi connectivity index (χ2n) is 3.46. The molecule has 0 spiro atoms. The van der Waals surface area contributed by atoms with Crippen molar-refractivity contribution in [3.63, 3.8) is 0 Å². The maximum Gasteiger partial charge on any atom is 0.225 e. The van der Waals surface area contributed by atoms with Crippen molar-refractivity contribution in [2.75, 3.05) is 13.6 Å². The Balaban J connectivity index is 2.42. The van der Waals surface area contributed by atoms with Gasteiger partial charge in [0.2, 0.25) is 5.91 Å². The third-order valence-electron chi connectivity index (χ3n) is 2.19. The second kappa shape index (κ2) is 3.22. The number of rotatable bonds is 2. The lowest BCUT2D eigenvalue weighted by Crippen LogP contribution is -2.26. The standard InChI is InChI=1S/C8H16N2O/c1-6(9)5-7-3-4-10(2)8(7)11/h6-7H,3-5,9H2,1-2H3. The van der Waals surface area contributed by atoms with E-state index in [1.165, 1.54) is 0 Å². The molecule has 2 unspecified atom stereocenters. The number of amides is 1. The Labute approximate surface area is 67.5 Å². The highest BCUT2D eigenvalue weighted by Gasteiger charge is 2.29. The Morgan fingerprint density at radius 1 is 1.82 bits per heavy atom. The monoisotopic (exact) mass is 156 g/mol. The maximum absolute atomic E-state index is 11.3. The number of nitrogens with zero attached hydrogens (tertiary/aromatic N) is 1. The van der Waals surface area contributed by atoms with Crippen molar-refractivity contribution >= 4 is 5.91 Å². The molecule has 3 heteroatoms. The van der Waals surface area contributed by atoms with Crippen LogP contribution in [0.15, 0.2) is 0 Å². The lowest BCUT2D eigenvalue weighted by atomic mass is 10.00. The predicted molar refractivity (Wildman–Crippen MR) is 44.0 cm³/mol.